The summed E-state index contributed by atoms with van der Waals surface area (Å²) in [6.45, 7) is 8.37. The average molecular weight is 301 g/mol. The van der Waals surface area contributed by atoms with Crippen LogP contribution in [0.4, 0.5) is 21.9 Å². The zero-order chi connectivity index (χ0) is 16.4. The highest BCUT2D eigenvalue weighted by molar-refractivity contribution is 5.89. The van der Waals surface area contributed by atoms with Gasteiger partial charge in [0.25, 0.3) is 0 Å². The van der Waals surface area contributed by atoms with Crippen molar-refractivity contribution in [1.82, 2.24) is 0 Å². The van der Waals surface area contributed by atoms with E-state index >= 15 is 0 Å². The van der Waals surface area contributed by atoms with Crippen molar-refractivity contribution in [3.05, 3.63) is 54.7 Å². The second kappa shape index (κ2) is 9.28. The van der Waals surface area contributed by atoms with Crippen LogP contribution in [0, 0.1) is 0 Å². The lowest BCUT2D eigenvalue weighted by molar-refractivity contribution is 0.168. The number of benzene rings is 1. The van der Waals surface area contributed by atoms with Gasteiger partial charge in [0.05, 0.1) is 18.0 Å². The van der Waals surface area contributed by atoms with Crippen LogP contribution in [0.15, 0.2) is 54.7 Å². The zero-order valence-corrected chi connectivity index (χ0v) is 13.1. The van der Waals surface area contributed by atoms with Crippen molar-refractivity contribution >= 4 is 23.2 Å². The van der Waals surface area contributed by atoms with E-state index in [1.165, 1.54) is 0 Å². The van der Waals surface area contributed by atoms with Crippen molar-refractivity contribution in [1.29, 1.82) is 0 Å². The molecule has 0 radical (unpaired) electrons. The molecule has 0 aliphatic heterocycles. The first-order valence-corrected chi connectivity index (χ1v) is 7.12. The smallest absolute Gasteiger partial charge is 0.411 e. The molecule has 1 amide bonds. The number of rotatable bonds is 7. The fourth-order valence-electron chi connectivity index (χ4n) is 1.81. The molecule has 5 heteroatoms. The Labute approximate surface area is 131 Å². The summed E-state index contributed by atoms with van der Waals surface area (Å²) in [4.78, 5) is 11.4. The molecule has 118 valence electrons. The van der Waals surface area contributed by atoms with E-state index in [0.717, 1.165) is 11.3 Å². The number of amides is 1. The molecule has 5 nitrogen and oxygen atoms in total. The lowest BCUT2D eigenvalue weighted by atomic mass is 10.2. The molecular weight excluding hydrogens is 278 g/mol. The van der Waals surface area contributed by atoms with E-state index in [9.17, 15) is 4.79 Å². The molecule has 1 aromatic carbocycles. The lowest BCUT2D eigenvalue weighted by Crippen LogP contribution is -2.14. The predicted octanol–water partition coefficient (Wildman–Crippen LogP) is 3.94. The fourth-order valence-corrected chi connectivity index (χ4v) is 1.81. The number of nitrogen functional groups attached to an aromatic ring is 1. The van der Waals surface area contributed by atoms with Gasteiger partial charge in [0.1, 0.15) is 0 Å². The molecule has 0 saturated heterocycles. The number of anilines is 3. The second-order valence-electron chi connectivity index (χ2n) is 4.48. The summed E-state index contributed by atoms with van der Waals surface area (Å²) >= 11 is 0. The highest BCUT2D eigenvalue weighted by Crippen LogP contribution is 2.23. The molecule has 0 aromatic heterocycles. The minimum Gasteiger partial charge on any atom is -0.450 e. The van der Waals surface area contributed by atoms with Crippen molar-refractivity contribution in [2.45, 2.75) is 13.8 Å². The third-order valence-electron chi connectivity index (χ3n) is 2.77. The molecule has 0 bridgehead atoms. The van der Waals surface area contributed by atoms with Crippen LogP contribution in [-0.4, -0.2) is 19.2 Å². The molecule has 0 aliphatic carbocycles. The number of nitrogens with two attached hydrogens (primary N) is 1. The minimum atomic E-state index is -0.515. The van der Waals surface area contributed by atoms with Crippen LogP contribution in [0.5, 0.6) is 0 Å². The highest BCUT2D eigenvalue weighted by Gasteiger charge is 2.06. The van der Waals surface area contributed by atoms with Crippen LogP contribution < -0.4 is 16.4 Å². The highest BCUT2D eigenvalue weighted by atomic mass is 16.5. The van der Waals surface area contributed by atoms with Gasteiger partial charge in [-0.3, -0.25) is 5.32 Å². The fraction of sp³-hybridized carbons (Fsp3) is 0.235. The van der Waals surface area contributed by atoms with E-state index in [-0.39, 0.29) is 0 Å². The first-order valence-electron chi connectivity index (χ1n) is 7.12. The third-order valence-corrected chi connectivity index (χ3v) is 2.77. The van der Waals surface area contributed by atoms with Gasteiger partial charge < -0.3 is 15.8 Å². The Bertz CT molecular complexity index is 577. The monoisotopic (exact) mass is 301 g/mol. The first-order chi connectivity index (χ1) is 10.6. The predicted molar refractivity (Wildman–Crippen MR) is 93.1 cm³/mol. The van der Waals surface area contributed by atoms with Crippen molar-refractivity contribution in [2.24, 2.45) is 0 Å². The van der Waals surface area contributed by atoms with Gasteiger partial charge in [0.2, 0.25) is 0 Å². The maximum Gasteiger partial charge on any atom is 0.411 e. The molecular formula is C17H23N3O2. The Morgan fingerprint density at radius 1 is 1.45 bits per heavy atom. The van der Waals surface area contributed by atoms with Crippen molar-refractivity contribution in [3.63, 3.8) is 0 Å². The van der Waals surface area contributed by atoms with Gasteiger partial charge in [-0.15, -0.1) is 0 Å². The SMILES string of the molecule is C=C/C=C(\C=C/C)CNc1ccc(NC(=O)OCC)c(N)c1. The van der Waals surface area contributed by atoms with Gasteiger partial charge in [0.15, 0.2) is 0 Å². The maximum absolute atomic E-state index is 11.4. The Balaban J connectivity index is 2.71. The summed E-state index contributed by atoms with van der Waals surface area (Å²) in [5.74, 6) is 0. The number of carbonyl (C=O) groups excluding carboxylic acids is 1. The zero-order valence-electron chi connectivity index (χ0n) is 13.1. The van der Waals surface area contributed by atoms with Crippen LogP contribution >= 0.6 is 0 Å². The third kappa shape index (κ3) is 5.75. The molecule has 0 saturated carbocycles. The summed E-state index contributed by atoms with van der Waals surface area (Å²) in [6, 6.07) is 5.35. The Morgan fingerprint density at radius 2 is 2.23 bits per heavy atom. The summed E-state index contributed by atoms with van der Waals surface area (Å²) in [5, 5.41) is 5.86. The Kier molecular flexibility index (Phi) is 7.33. The number of carbonyl (C=O) groups is 1. The molecule has 0 atom stereocenters. The van der Waals surface area contributed by atoms with E-state index in [0.29, 0.717) is 24.5 Å². The second-order valence-corrected chi connectivity index (χ2v) is 4.48. The molecule has 0 heterocycles. The first kappa shape index (κ1) is 17.4. The van der Waals surface area contributed by atoms with Gasteiger partial charge in [0, 0.05) is 12.2 Å². The molecule has 0 unspecified atom stereocenters. The van der Waals surface area contributed by atoms with Crippen LogP contribution in [0.1, 0.15) is 13.8 Å². The summed E-state index contributed by atoms with van der Waals surface area (Å²) in [7, 11) is 0. The topological polar surface area (TPSA) is 76.4 Å². The van der Waals surface area contributed by atoms with Gasteiger partial charge >= 0.3 is 6.09 Å². The average Bonchev–Trinajstić information content (AvgIpc) is 2.48. The minimum absolute atomic E-state index is 0.314. The molecule has 4 N–H and O–H groups in total. The normalized spacial score (nSPS) is 11.3. The van der Waals surface area contributed by atoms with Crippen molar-refractivity contribution in [2.75, 3.05) is 29.5 Å². The van der Waals surface area contributed by atoms with Gasteiger partial charge in [-0.05, 0) is 37.6 Å². The van der Waals surface area contributed by atoms with E-state index in [2.05, 4.69) is 17.2 Å². The number of hydrogen-bond acceptors (Lipinski definition) is 4. The molecule has 0 aliphatic rings. The Hall–Kier alpha value is -2.69. The van der Waals surface area contributed by atoms with Gasteiger partial charge in [-0.2, -0.15) is 0 Å². The summed E-state index contributed by atoms with van der Waals surface area (Å²) < 4.78 is 4.82. The Morgan fingerprint density at radius 3 is 2.82 bits per heavy atom. The van der Waals surface area contributed by atoms with Crippen LogP contribution in [0.3, 0.4) is 0 Å². The molecule has 0 fully saturated rings. The van der Waals surface area contributed by atoms with Crippen LogP contribution in [0.25, 0.3) is 0 Å². The number of hydrogen-bond donors (Lipinski definition) is 3. The van der Waals surface area contributed by atoms with Gasteiger partial charge in [-0.25, -0.2) is 4.79 Å². The van der Waals surface area contributed by atoms with Crippen molar-refractivity contribution < 1.29 is 9.53 Å². The summed E-state index contributed by atoms with van der Waals surface area (Å²) in [6.07, 6.45) is 7.15. The van der Waals surface area contributed by atoms with Gasteiger partial charge in [-0.1, -0.05) is 30.9 Å². The molecule has 1 rings (SSSR count). The summed E-state index contributed by atoms with van der Waals surface area (Å²) in [5.41, 5.74) is 8.90. The molecule has 1 aromatic rings. The van der Waals surface area contributed by atoms with E-state index < -0.39 is 6.09 Å². The number of nitrogens with one attached hydrogen (secondary N) is 2. The molecule has 0 spiro atoms. The number of allylic oxidation sites excluding steroid dienone is 3. The van der Waals surface area contributed by atoms with Crippen LogP contribution in [0.2, 0.25) is 0 Å². The van der Waals surface area contributed by atoms with Crippen LogP contribution in [-0.2, 0) is 4.74 Å². The standard InChI is InChI=1S/C17H23N3O2/c1-4-7-13(8-5-2)12-19-14-9-10-16(15(18)11-14)20-17(21)22-6-3/h4-5,7-11,19H,1,6,12,18H2,2-3H3,(H,20,21)/b8-5-,13-7+. The molecule has 22 heavy (non-hydrogen) atoms. The largest absolute Gasteiger partial charge is 0.450 e. The van der Waals surface area contributed by atoms with E-state index in [1.54, 1.807) is 25.1 Å². The number of ether oxygens (including phenoxy) is 1. The quantitative estimate of drug-likeness (QED) is 0.526. The lowest BCUT2D eigenvalue weighted by Gasteiger charge is -2.11. The maximum atomic E-state index is 11.4. The van der Waals surface area contributed by atoms with E-state index in [1.807, 2.05) is 31.2 Å². The van der Waals surface area contributed by atoms with Crippen molar-refractivity contribution in [3.8, 4) is 0 Å². The van der Waals surface area contributed by atoms with E-state index in [4.69, 9.17) is 10.5 Å².